The number of hydrogen-bond acceptors (Lipinski definition) is 5. The van der Waals surface area contributed by atoms with Gasteiger partial charge in [-0.1, -0.05) is 30.3 Å². The Morgan fingerprint density at radius 2 is 1.70 bits per heavy atom. The van der Waals surface area contributed by atoms with Crippen LogP contribution in [0.3, 0.4) is 0 Å². The molecule has 5 aromatic rings. The van der Waals surface area contributed by atoms with E-state index in [1.807, 2.05) is 67.1 Å². The summed E-state index contributed by atoms with van der Waals surface area (Å²) in [6.45, 7) is 6.28. The van der Waals surface area contributed by atoms with Gasteiger partial charge in [-0.25, -0.2) is 19.4 Å². The van der Waals surface area contributed by atoms with Crippen molar-refractivity contribution >= 4 is 11.2 Å². The second-order valence-electron chi connectivity index (χ2n) is 7.71. The highest BCUT2D eigenvalue weighted by Gasteiger charge is 2.17. The van der Waals surface area contributed by atoms with E-state index in [2.05, 4.69) is 20.1 Å². The van der Waals surface area contributed by atoms with Crippen LogP contribution in [0.5, 0.6) is 0 Å². The average molecular weight is 441 g/mol. The summed E-state index contributed by atoms with van der Waals surface area (Å²) in [5, 5.41) is 4.61. The average Bonchev–Trinajstić information content (AvgIpc) is 3.45. The van der Waals surface area contributed by atoms with Crippen LogP contribution in [0.25, 0.3) is 39.6 Å². The van der Waals surface area contributed by atoms with Gasteiger partial charge < -0.3 is 4.98 Å². The van der Waals surface area contributed by atoms with Crippen LogP contribution in [0.15, 0.2) is 64.3 Å². The van der Waals surface area contributed by atoms with Gasteiger partial charge in [0.1, 0.15) is 11.3 Å². The highest BCUT2D eigenvalue weighted by Crippen LogP contribution is 2.24. The van der Waals surface area contributed by atoms with Crippen LogP contribution < -0.4 is 11.2 Å². The largest absolute Gasteiger partial charge is 0.332 e. The van der Waals surface area contributed by atoms with Crippen molar-refractivity contribution in [3.8, 4) is 28.5 Å². The van der Waals surface area contributed by atoms with Gasteiger partial charge >= 0.3 is 5.69 Å². The summed E-state index contributed by atoms with van der Waals surface area (Å²) in [4.78, 5) is 37.6. The third kappa shape index (κ3) is 3.38. The van der Waals surface area contributed by atoms with E-state index in [0.717, 1.165) is 17.0 Å². The number of hydrogen-bond donors (Lipinski definition) is 1. The van der Waals surface area contributed by atoms with Crippen LogP contribution in [0, 0.1) is 6.92 Å². The minimum Gasteiger partial charge on any atom is -0.332 e. The topological polar surface area (TPSA) is 103 Å². The third-order valence-corrected chi connectivity index (χ3v) is 5.63. The molecule has 5 rings (SSSR count). The van der Waals surface area contributed by atoms with Gasteiger partial charge in [-0.15, -0.1) is 0 Å². The first-order valence-corrected chi connectivity index (χ1v) is 10.8. The normalized spacial score (nSPS) is 11.4. The fraction of sp³-hybridized carbons (Fsp3) is 0.208. The van der Waals surface area contributed by atoms with Gasteiger partial charge in [0.05, 0.1) is 11.4 Å². The standard InChI is InChI=1S/C24H23N7O2/c1-4-29-22-20(23(32)30(5-2)24(29)33)26-21(27-22)17-11-12-19(25-14-17)31-18(13-15(3)28-31)16-9-7-6-8-10-16/h6-14H,4-5H2,1-3H3,(H,26,27). The van der Waals surface area contributed by atoms with Crippen molar-refractivity contribution in [3.63, 3.8) is 0 Å². The highest BCUT2D eigenvalue weighted by atomic mass is 16.2. The summed E-state index contributed by atoms with van der Waals surface area (Å²) in [7, 11) is 0. The molecular formula is C24H23N7O2. The van der Waals surface area contributed by atoms with Crippen molar-refractivity contribution in [2.75, 3.05) is 0 Å². The Morgan fingerprint density at radius 1 is 0.939 bits per heavy atom. The van der Waals surface area contributed by atoms with E-state index in [0.29, 0.717) is 41.5 Å². The lowest BCUT2D eigenvalue weighted by atomic mass is 10.1. The van der Waals surface area contributed by atoms with Crippen LogP contribution >= 0.6 is 0 Å². The van der Waals surface area contributed by atoms with Crippen molar-refractivity contribution < 1.29 is 0 Å². The number of nitrogens with zero attached hydrogens (tertiary/aromatic N) is 6. The van der Waals surface area contributed by atoms with Gasteiger partial charge in [0.2, 0.25) is 0 Å². The van der Waals surface area contributed by atoms with Gasteiger partial charge in [-0.2, -0.15) is 5.10 Å². The molecule has 0 saturated heterocycles. The quantitative estimate of drug-likeness (QED) is 0.451. The fourth-order valence-corrected chi connectivity index (χ4v) is 4.01. The Balaban J connectivity index is 1.59. The summed E-state index contributed by atoms with van der Waals surface area (Å²) >= 11 is 0. The van der Waals surface area contributed by atoms with E-state index in [1.54, 1.807) is 13.1 Å². The number of nitrogens with one attached hydrogen (secondary N) is 1. The molecule has 166 valence electrons. The van der Waals surface area contributed by atoms with E-state index in [4.69, 9.17) is 0 Å². The summed E-state index contributed by atoms with van der Waals surface area (Å²) < 4.78 is 4.52. The molecule has 0 aliphatic rings. The first kappa shape index (κ1) is 20.6. The molecule has 33 heavy (non-hydrogen) atoms. The highest BCUT2D eigenvalue weighted by molar-refractivity contribution is 5.75. The van der Waals surface area contributed by atoms with Gasteiger partial charge in [0.25, 0.3) is 5.56 Å². The molecular weight excluding hydrogens is 418 g/mol. The number of pyridine rings is 1. The first-order valence-electron chi connectivity index (χ1n) is 10.8. The molecule has 0 aliphatic carbocycles. The van der Waals surface area contributed by atoms with Crippen LogP contribution in [-0.2, 0) is 13.1 Å². The predicted octanol–water partition coefficient (Wildman–Crippen LogP) is 3.15. The van der Waals surface area contributed by atoms with Crippen molar-refractivity contribution in [1.82, 2.24) is 33.9 Å². The second-order valence-corrected chi connectivity index (χ2v) is 7.71. The van der Waals surface area contributed by atoms with Gasteiger partial charge in [0, 0.05) is 30.4 Å². The van der Waals surface area contributed by atoms with E-state index >= 15 is 0 Å². The SMILES string of the molecule is CCn1c(=O)c2[nH]c(-c3ccc(-n4nc(C)cc4-c4ccccc4)nc3)nc2n(CC)c1=O. The molecule has 0 amide bonds. The molecule has 0 aliphatic heterocycles. The molecule has 0 bridgehead atoms. The number of aryl methyl sites for hydroxylation is 2. The number of aromatic amines is 1. The van der Waals surface area contributed by atoms with E-state index < -0.39 is 0 Å². The van der Waals surface area contributed by atoms with Crippen molar-refractivity contribution in [2.45, 2.75) is 33.9 Å². The van der Waals surface area contributed by atoms with Crippen LogP contribution in [-0.4, -0.2) is 33.9 Å². The van der Waals surface area contributed by atoms with Gasteiger partial charge in [0.15, 0.2) is 11.5 Å². The minimum absolute atomic E-state index is 0.297. The van der Waals surface area contributed by atoms with E-state index in [9.17, 15) is 9.59 Å². The zero-order valence-corrected chi connectivity index (χ0v) is 18.6. The third-order valence-electron chi connectivity index (χ3n) is 5.63. The number of H-pyrrole nitrogens is 1. The zero-order chi connectivity index (χ0) is 23.1. The summed E-state index contributed by atoms with van der Waals surface area (Å²) in [5.41, 5.74) is 3.53. The lowest BCUT2D eigenvalue weighted by Gasteiger charge is -2.07. The minimum atomic E-state index is -0.370. The predicted molar refractivity (Wildman–Crippen MR) is 126 cm³/mol. The maximum Gasteiger partial charge on any atom is 0.332 e. The molecule has 4 heterocycles. The van der Waals surface area contributed by atoms with Crippen LogP contribution in [0.1, 0.15) is 19.5 Å². The molecule has 9 heteroatoms. The lowest BCUT2D eigenvalue weighted by molar-refractivity contribution is 0.606. The Kier molecular flexibility index (Phi) is 5.01. The van der Waals surface area contributed by atoms with Crippen LogP contribution in [0.2, 0.25) is 0 Å². The number of aromatic nitrogens is 7. The van der Waals surface area contributed by atoms with Crippen molar-refractivity contribution in [1.29, 1.82) is 0 Å². The molecule has 0 fully saturated rings. The zero-order valence-electron chi connectivity index (χ0n) is 18.6. The summed E-state index contributed by atoms with van der Waals surface area (Å²) in [6, 6.07) is 15.8. The molecule has 0 spiro atoms. The van der Waals surface area contributed by atoms with E-state index in [-0.39, 0.29) is 11.2 Å². The second kappa shape index (κ2) is 8.01. The van der Waals surface area contributed by atoms with Gasteiger partial charge in [-0.05, 0) is 39.0 Å². The van der Waals surface area contributed by atoms with Crippen LogP contribution in [0.4, 0.5) is 0 Å². The number of fused-ring (bicyclic) bond motifs is 1. The molecule has 1 aromatic carbocycles. The molecule has 0 atom stereocenters. The Hall–Kier alpha value is -4.27. The molecule has 0 saturated carbocycles. The monoisotopic (exact) mass is 441 g/mol. The van der Waals surface area contributed by atoms with Crippen molar-refractivity contribution in [2.24, 2.45) is 0 Å². The molecule has 0 unspecified atom stereocenters. The Labute approximate surface area is 189 Å². The fourth-order valence-electron chi connectivity index (χ4n) is 4.01. The maximum atomic E-state index is 12.8. The maximum absolute atomic E-state index is 12.8. The molecule has 0 radical (unpaired) electrons. The molecule has 1 N–H and O–H groups in total. The Bertz CT molecular complexity index is 1570. The number of imidazole rings is 1. The Morgan fingerprint density at radius 3 is 2.36 bits per heavy atom. The van der Waals surface area contributed by atoms with E-state index in [1.165, 1.54) is 9.13 Å². The summed E-state index contributed by atoms with van der Waals surface area (Å²) in [6.07, 6.45) is 1.69. The number of benzene rings is 1. The molecule has 9 nitrogen and oxygen atoms in total. The smallest absolute Gasteiger partial charge is 0.332 e. The van der Waals surface area contributed by atoms with Gasteiger partial charge in [-0.3, -0.25) is 13.9 Å². The first-order chi connectivity index (χ1) is 16.0. The lowest BCUT2D eigenvalue weighted by Crippen LogP contribution is -2.39. The molecule has 4 aromatic heterocycles. The number of rotatable bonds is 5. The summed E-state index contributed by atoms with van der Waals surface area (Å²) in [5.74, 6) is 1.15. The van der Waals surface area contributed by atoms with Crippen molar-refractivity contribution in [3.05, 3.63) is 81.3 Å².